The van der Waals surface area contributed by atoms with E-state index in [1.807, 2.05) is 24.3 Å². The van der Waals surface area contributed by atoms with Crippen LogP contribution in [0.2, 0.25) is 0 Å². The van der Waals surface area contributed by atoms with E-state index in [-0.39, 0.29) is 18.7 Å². The quantitative estimate of drug-likeness (QED) is 0.347. The summed E-state index contributed by atoms with van der Waals surface area (Å²) in [4.78, 5) is 36.1. The second-order valence-corrected chi connectivity index (χ2v) is 9.26. The molecule has 4 aromatic heterocycles. The van der Waals surface area contributed by atoms with Crippen LogP contribution >= 0.6 is 11.3 Å². The fourth-order valence-electron chi connectivity index (χ4n) is 4.81. The molecule has 8 heteroatoms. The lowest BCUT2D eigenvalue weighted by atomic mass is 9.85. The second-order valence-electron chi connectivity index (χ2n) is 8.26. The van der Waals surface area contributed by atoms with E-state index < -0.39 is 5.97 Å². The third kappa shape index (κ3) is 3.09. The fraction of sp³-hybridized carbons (Fsp3) is 0.231. The summed E-state index contributed by atoms with van der Waals surface area (Å²) in [6.07, 6.45) is 3.39. The lowest BCUT2D eigenvalue weighted by molar-refractivity contribution is -0.143. The highest BCUT2D eigenvalue weighted by molar-refractivity contribution is 7.25. The molecule has 0 fully saturated rings. The average Bonchev–Trinajstić information content (AvgIpc) is 3.49. The number of rotatable bonds is 4. The molecule has 0 bridgehead atoms. The highest BCUT2D eigenvalue weighted by Gasteiger charge is 2.28. The predicted molar refractivity (Wildman–Crippen MR) is 131 cm³/mol. The first kappa shape index (κ1) is 20.8. The fourth-order valence-corrected chi connectivity index (χ4v) is 5.88. The van der Waals surface area contributed by atoms with E-state index in [4.69, 9.17) is 19.1 Å². The molecule has 5 aromatic rings. The SMILES string of the molecule is CCOC(=O)Cn1c(C)nc2c(sc3nc4c(c(-c5ccco5)c32)CCc2ccccc2-4)c1=O. The Labute approximate surface area is 198 Å². The molecule has 0 radical (unpaired) electrons. The van der Waals surface area contributed by atoms with Gasteiger partial charge in [0.1, 0.15) is 27.7 Å². The molecule has 1 aliphatic carbocycles. The van der Waals surface area contributed by atoms with E-state index in [2.05, 4.69) is 12.1 Å². The molecule has 4 heterocycles. The van der Waals surface area contributed by atoms with Gasteiger partial charge in [-0.15, -0.1) is 11.3 Å². The third-order valence-electron chi connectivity index (χ3n) is 6.30. The molecule has 0 aliphatic heterocycles. The van der Waals surface area contributed by atoms with Crippen LogP contribution < -0.4 is 5.56 Å². The van der Waals surface area contributed by atoms with E-state index >= 15 is 0 Å². The number of carbonyl (C=O) groups excluding carboxylic acids is 1. The van der Waals surface area contributed by atoms with Gasteiger partial charge in [0, 0.05) is 16.5 Å². The Kier molecular flexibility index (Phi) is 4.84. The van der Waals surface area contributed by atoms with Gasteiger partial charge in [0.25, 0.3) is 5.56 Å². The van der Waals surface area contributed by atoms with Crippen molar-refractivity contribution in [1.82, 2.24) is 14.5 Å². The van der Waals surface area contributed by atoms with E-state index in [0.717, 1.165) is 51.2 Å². The minimum Gasteiger partial charge on any atom is -0.465 e. The maximum atomic E-state index is 13.5. The summed E-state index contributed by atoms with van der Waals surface area (Å²) in [6, 6.07) is 12.1. The van der Waals surface area contributed by atoms with Crippen LogP contribution in [0.1, 0.15) is 23.9 Å². The first-order chi connectivity index (χ1) is 16.6. The minimum absolute atomic E-state index is 0.169. The lowest BCUT2D eigenvalue weighted by Gasteiger charge is -2.21. The van der Waals surface area contributed by atoms with Crippen LogP contribution in [0.25, 0.3) is 43.0 Å². The molecule has 0 saturated carbocycles. The molecule has 0 amide bonds. The first-order valence-electron chi connectivity index (χ1n) is 11.2. The third-order valence-corrected chi connectivity index (χ3v) is 7.36. The Balaban J connectivity index is 1.69. The number of ether oxygens (including phenoxy) is 1. The van der Waals surface area contributed by atoms with Gasteiger partial charge in [-0.3, -0.25) is 14.2 Å². The van der Waals surface area contributed by atoms with Gasteiger partial charge in [-0.05, 0) is 49.9 Å². The number of furan rings is 1. The highest BCUT2D eigenvalue weighted by Crippen LogP contribution is 2.45. The molecule has 34 heavy (non-hydrogen) atoms. The topological polar surface area (TPSA) is 87.2 Å². The predicted octanol–water partition coefficient (Wildman–Crippen LogP) is 4.90. The number of pyridine rings is 1. The van der Waals surface area contributed by atoms with Gasteiger partial charge in [-0.1, -0.05) is 24.3 Å². The number of carbonyl (C=O) groups is 1. The molecule has 6 rings (SSSR count). The Morgan fingerprint density at radius 3 is 2.82 bits per heavy atom. The summed E-state index contributed by atoms with van der Waals surface area (Å²) in [5.74, 6) is 0.730. The summed E-state index contributed by atoms with van der Waals surface area (Å²) in [7, 11) is 0. The molecule has 0 saturated heterocycles. The van der Waals surface area contributed by atoms with E-state index in [0.29, 0.717) is 16.0 Å². The summed E-state index contributed by atoms with van der Waals surface area (Å²) < 4.78 is 12.8. The molecule has 1 aromatic carbocycles. The van der Waals surface area contributed by atoms with Crippen LogP contribution in [0.5, 0.6) is 0 Å². The second kappa shape index (κ2) is 7.92. The van der Waals surface area contributed by atoms with Crippen LogP contribution in [0.15, 0.2) is 51.9 Å². The van der Waals surface area contributed by atoms with E-state index in [1.165, 1.54) is 21.5 Å². The average molecular weight is 472 g/mol. The van der Waals surface area contributed by atoms with Gasteiger partial charge in [0.2, 0.25) is 0 Å². The van der Waals surface area contributed by atoms with E-state index in [9.17, 15) is 9.59 Å². The number of thiophene rings is 1. The Bertz CT molecular complexity index is 1650. The Morgan fingerprint density at radius 1 is 1.18 bits per heavy atom. The number of hydrogen-bond acceptors (Lipinski definition) is 7. The number of aromatic nitrogens is 3. The standard InChI is InChI=1S/C26H21N3O4S/c1-3-32-19(30)13-29-14(2)27-23-21-20(18-9-6-12-33-18)17-11-10-15-7-4-5-8-16(15)22(17)28-25(21)34-24(23)26(29)31/h4-9,12H,3,10-11,13H2,1-2H3. The van der Waals surface area contributed by atoms with Crippen molar-refractivity contribution < 1.29 is 13.9 Å². The van der Waals surface area contributed by atoms with Crippen molar-refractivity contribution in [3.8, 4) is 22.6 Å². The van der Waals surface area contributed by atoms with Crippen molar-refractivity contribution >= 4 is 37.7 Å². The van der Waals surface area contributed by atoms with Crippen LogP contribution in [0, 0.1) is 6.92 Å². The van der Waals surface area contributed by atoms with Gasteiger partial charge in [-0.25, -0.2) is 9.97 Å². The first-order valence-corrected chi connectivity index (χ1v) is 12.0. The largest absolute Gasteiger partial charge is 0.465 e. The summed E-state index contributed by atoms with van der Waals surface area (Å²) in [5, 5.41) is 0.830. The molecule has 7 nitrogen and oxygen atoms in total. The van der Waals surface area contributed by atoms with Crippen molar-refractivity contribution in [1.29, 1.82) is 0 Å². The maximum Gasteiger partial charge on any atom is 0.326 e. The molecule has 0 spiro atoms. The smallest absolute Gasteiger partial charge is 0.326 e. The number of esters is 1. The van der Waals surface area contributed by atoms with Crippen molar-refractivity contribution in [2.45, 2.75) is 33.2 Å². The molecule has 0 unspecified atom stereocenters. The number of nitrogens with zero attached hydrogens (tertiary/aromatic N) is 3. The lowest BCUT2D eigenvalue weighted by Crippen LogP contribution is -2.27. The van der Waals surface area contributed by atoms with Crippen molar-refractivity contribution in [3.63, 3.8) is 0 Å². The Hall–Kier alpha value is -3.78. The van der Waals surface area contributed by atoms with Gasteiger partial charge in [0.05, 0.1) is 24.1 Å². The van der Waals surface area contributed by atoms with E-state index in [1.54, 1.807) is 20.1 Å². The summed E-state index contributed by atoms with van der Waals surface area (Å²) in [5.41, 5.74) is 5.69. The molecule has 0 N–H and O–H groups in total. The molecule has 1 aliphatic rings. The van der Waals surface area contributed by atoms with Crippen LogP contribution in [-0.4, -0.2) is 27.1 Å². The molecular formula is C26H21N3O4S. The number of benzene rings is 1. The van der Waals surface area contributed by atoms with Gasteiger partial charge in [-0.2, -0.15) is 0 Å². The van der Waals surface area contributed by atoms with Crippen LogP contribution in [-0.2, 0) is 28.9 Å². The zero-order chi connectivity index (χ0) is 23.4. The van der Waals surface area contributed by atoms with Crippen molar-refractivity contribution in [3.05, 3.63) is 70.0 Å². The number of aryl methyl sites for hydroxylation is 2. The van der Waals surface area contributed by atoms with Gasteiger partial charge < -0.3 is 9.15 Å². The van der Waals surface area contributed by atoms with Crippen molar-refractivity contribution in [2.24, 2.45) is 0 Å². The van der Waals surface area contributed by atoms with Gasteiger partial charge >= 0.3 is 5.97 Å². The molecule has 170 valence electrons. The molecular weight excluding hydrogens is 450 g/mol. The number of fused-ring (bicyclic) bond motifs is 6. The maximum absolute atomic E-state index is 13.5. The molecule has 0 atom stereocenters. The minimum atomic E-state index is -0.462. The zero-order valence-corrected chi connectivity index (χ0v) is 19.6. The van der Waals surface area contributed by atoms with Gasteiger partial charge in [0.15, 0.2) is 0 Å². The normalized spacial score (nSPS) is 12.6. The zero-order valence-electron chi connectivity index (χ0n) is 18.8. The number of hydrogen-bond donors (Lipinski definition) is 0. The highest BCUT2D eigenvalue weighted by atomic mass is 32.1. The monoisotopic (exact) mass is 471 g/mol. The summed E-state index contributed by atoms with van der Waals surface area (Å²) in [6.45, 7) is 3.56. The summed E-state index contributed by atoms with van der Waals surface area (Å²) >= 11 is 1.31. The van der Waals surface area contributed by atoms with Crippen LogP contribution in [0.4, 0.5) is 0 Å². The van der Waals surface area contributed by atoms with Crippen molar-refractivity contribution in [2.75, 3.05) is 6.61 Å². The van der Waals surface area contributed by atoms with Crippen LogP contribution in [0.3, 0.4) is 0 Å². The Morgan fingerprint density at radius 2 is 2.03 bits per heavy atom.